The summed E-state index contributed by atoms with van der Waals surface area (Å²) in [5.74, 6) is 0.588. The lowest BCUT2D eigenvalue weighted by Gasteiger charge is -2.28. The van der Waals surface area contributed by atoms with Crippen LogP contribution in [0, 0.1) is 33.1 Å². The maximum absolute atomic E-state index is 8.73. The number of benzene rings is 2. The summed E-state index contributed by atoms with van der Waals surface area (Å²) >= 11 is 0. The first-order chi connectivity index (χ1) is 9.97. The lowest BCUT2D eigenvalue weighted by Crippen LogP contribution is -2.33. The molecule has 2 aromatic carbocycles. The van der Waals surface area contributed by atoms with E-state index in [-0.39, 0.29) is 0 Å². The zero-order valence-corrected chi connectivity index (χ0v) is 13.6. The molecule has 0 saturated carbocycles. The molecule has 0 unspecified atom stereocenters. The van der Waals surface area contributed by atoms with Gasteiger partial charge < -0.3 is 4.90 Å². The Hall–Kier alpha value is -2.09. The average Bonchev–Trinajstić information content (AvgIpc) is 2.42. The third-order valence-corrected chi connectivity index (χ3v) is 4.01. The number of aryl methyl sites for hydroxylation is 4. The standard InChI is InChI=1S/C19H24N2/c1-6-21(18-15(4)11-8-12-16(18)5)19(20)17-13(2)9-7-10-14(17)3/h7-12,20H,6H2,1-5H3. The van der Waals surface area contributed by atoms with Crippen molar-refractivity contribution in [3.05, 3.63) is 64.2 Å². The van der Waals surface area contributed by atoms with E-state index in [1.165, 1.54) is 11.1 Å². The van der Waals surface area contributed by atoms with Crippen molar-refractivity contribution in [2.24, 2.45) is 0 Å². The summed E-state index contributed by atoms with van der Waals surface area (Å²) in [4.78, 5) is 2.11. The molecule has 0 saturated heterocycles. The van der Waals surface area contributed by atoms with Gasteiger partial charge in [-0.25, -0.2) is 0 Å². The summed E-state index contributed by atoms with van der Waals surface area (Å²) in [6.45, 7) is 11.3. The van der Waals surface area contributed by atoms with Gasteiger partial charge >= 0.3 is 0 Å². The maximum Gasteiger partial charge on any atom is 0.133 e. The number of amidine groups is 1. The molecule has 0 aliphatic rings. The molecule has 2 rings (SSSR count). The molecule has 2 heteroatoms. The summed E-state index contributed by atoms with van der Waals surface area (Å²) in [7, 11) is 0. The van der Waals surface area contributed by atoms with E-state index in [4.69, 9.17) is 5.41 Å². The van der Waals surface area contributed by atoms with Crippen molar-refractivity contribution in [1.29, 1.82) is 5.41 Å². The first kappa shape index (κ1) is 15.3. The highest BCUT2D eigenvalue weighted by Gasteiger charge is 2.18. The minimum Gasteiger partial charge on any atom is -0.326 e. The maximum atomic E-state index is 8.73. The van der Waals surface area contributed by atoms with E-state index < -0.39 is 0 Å². The molecule has 0 aliphatic heterocycles. The van der Waals surface area contributed by atoms with Crippen LogP contribution in [0.2, 0.25) is 0 Å². The summed E-state index contributed by atoms with van der Waals surface area (Å²) in [5, 5.41) is 8.73. The van der Waals surface area contributed by atoms with E-state index in [0.717, 1.165) is 28.9 Å². The second-order valence-electron chi connectivity index (χ2n) is 5.60. The number of hydrogen-bond donors (Lipinski definition) is 1. The van der Waals surface area contributed by atoms with Crippen LogP contribution >= 0.6 is 0 Å². The Kier molecular flexibility index (Phi) is 4.46. The van der Waals surface area contributed by atoms with Gasteiger partial charge in [0.25, 0.3) is 0 Å². The van der Waals surface area contributed by atoms with Crippen LogP contribution in [0.5, 0.6) is 0 Å². The van der Waals surface area contributed by atoms with Gasteiger partial charge in [0.05, 0.1) is 0 Å². The van der Waals surface area contributed by atoms with Gasteiger partial charge in [0.2, 0.25) is 0 Å². The Morgan fingerprint density at radius 2 is 1.29 bits per heavy atom. The van der Waals surface area contributed by atoms with Gasteiger partial charge in [0, 0.05) is 17.8 Å². The fourth-order valence-electron chi connectivity index (χ4n) is 2.98. The Balaban J connectivity index is 2.54. The molecule has 0 spiro atoms. The normalized spacial score (nSPS) is 10.5. The minimum absolute atomic E-state index is 0.588. The second-order valence-corrected chi connectivity index (χ2v) is 5.60. The van der Waals surface area contributed by atoms with Crippen LogP contribution in [0.1, 0.15) is 34.7 Å². The van der Waals surface area contributed by atoms with E-state index in [0.29, 0.717) is 5.84 Å². The van der Waals surface area contributed by atoms with Gasteiger partial charge in [-0.1, -0.05) is 36.4 Å². The van der Waals surface area contributed by atoms with Gasteiger partial charge in [-0.05, 0) is 56.9 Å². The fourth-order valence-corrected chi connectivity index (χ4v) is 2.98. The van der Waals surface area contributed by atoms with Crippen molar-refractivity contribution < 1.29 is 0 Å². The summed E-state index contributed by atoms with van der Waals surface area (Å²) in [6.07, 6.45) is 0. The van der Waals surface area contributed by atoms with Gasteiger partial charge in [0.1, 0.15) is 5.84 Å². The van der Waals surface area contributed by atoms with Gasteiger partial charge in [0.15, 0.2) is 0 Å². The molecule has 0 aromatic heterocycles. The van der Waals surface area contributed by atoms with E-state index in [2.05, 4.69) is 75.9 Å². The number of hydrogen-bond acceptors (Lipinski definition) is 1. The molecule has 0 bridgehead atoms. The molecule has 2 nitrogen and oxygen atoms in total. The molecule has 110 valence electrons. The molecule has 0 heterocycles. The number of rotatable bonds is 3. The Morgan fingerprint density at radius 3 is 1.71 bits per heavy atom. The zero-order valence-electron chi connectivity index (χ0n) is 13.6. The third-order valence-electron chi connectivity index (χ3n) is 4.01. The molecule has 0 fully saturated rings. The SMILES string of the molecule is CCN(C(=N)c1c(C)cccc1C)c1c(C)cccc1C. The Morgan fingerprint density at radius 1 is 0.857 bits per heavy atom. The predicted octanol–water partition coefficient (Wildman–Crippen LogP) is 4.77. The van der Waals surface area contributed by atoms with Crippen LogP contribution in [-0.4, -0.2) is 12.4 Å². The van der Waals surface area contributed by atoms with Crippen LogP contribution in [-0.2, 0) is 0 Å². The molecule has 1 N–H and O–H groups in total. The highest BCUT2D eigenvalue weighted by Crippen LogP contribution is 2.27. The predicted molar refractivity (Wildman–Crippen MR) is 91.7 cm³/mol. The van der Waals surface area contributed by atoms with Crippen molar-refractivity contribution in [3.8, 4) is 0 Å². The van der Waals surface area contributed by atoms with Gasteiger partial charge in [-0.2, -0.15) is 0 Å². The lowest BCUT2D eigenvalue weighted by molar-refractivity contribution is 1.02. The number of nitrogens with zero attached hydrogens (tertiary/aromatic N) is 1. The van der Waals surface area contributed by atoms with Gasteiger partial charge in [-0.15, -0.1) is 0 Å². The molecular formula is C19H24N2. The molecule has 0 amide bonds. The van der Waals surface area contributed by atoms with E-state index in [1.54, 1.807) is 0 Å². The summed E-state index contributed by atoms with van der Waals surface area (Å²) in [5.41, 5.74) is 6.95. The number of anilines is 1. The number of nitrogens with one attached hydrogen (secondary N) is 1. The highest BCUT2D eigenvalue weighted by molar-refractivity contribution is 6.10. The van der Waals surface area contributed by atoms with Crippen molar-refractivity contribution in [2.75, 3.05) is 11.4 Å². The first-order valence-electron chi connectivity index (χ1n) is 7.46. The largest absolute Gasteiger partial charge is 0.326 e. The second kappa shape index (κ2) is 6.13. The number of para-hydroxylation sites is 1. The zero-order chi connectivity index (χ0) is 15.6. The van der Waals surface area contributed by atoms with E-state index in [1.807, 2.05) is 0 Å². The van der Waals surface area contributed by atoms with Gasteiger partial charge in [-0.3, -0.25) is 5.41 Å². The molecule has 2 aromatic rings. The van der Waals surface area contributed by atoms with Crippen molar-refractivity contribution in [1.82, 2.24) is 0 Å². The van der Waals surface area contributed by atoms with Crippen LogP contribution < -0.4 is 4.90 Å². The fraction of sp³-hybridized carbons (Fsp3) is 0.316. The summed E-state index contributed by atoms with van der Waals surface area (Å²) in [6, 6.07) is 12.5. The molecule has 0 radical (unpaired) electrons. The van der Waals surface area contributed by atoms with Crippen LogP contribution in [0.15, 0.2) is 36.4 Å². The molecule has 21 heavy (non-hydrogen) atoms. The van der Waals surface area contributed by atoms with E-state index >= 15 is 0 Å². The van der Waals surface area contributed by atoms with Crippen molar-refractivity contribution in [2.45, 2.75) is 34.6 Å². The van der Waals surface area contributed by atoms with Crippen molar-refractivity contribution >= 4 is 11.5 Å². The third kappa shape index (κ3) is 2.85. The monoisotopic (exact) mass is 280 g/mol. The Labute approximate surface area is 127 Å². The van der Waals surface area contributed by atoms with E-state index in [9.17, 15) is 0 Å². The van der Waals surface area contributed by atoms with Crippen LogP contribution in [0.3, 0.4) is 0 Å². The first-order valence-corrected chi connectivity index (χ1v) is 7.46. The highest BCUT2D eigenvalue weighted by atomic mass is 15.2. The molecule has 0 aliphatic carbocycles. The minimum atomic E-state index is 0.588. The quantitative estimate of drug-likeness (QED) is 0.636. The topological polar surface area (TPSA) is 27.1 Å². The molecule has 0 atom stereocenters. The lowest BCUT2D eigenvalue weighted by atomic mass is 10.00. The summed E-state index contributed by atoms with van der Waals surface area (Å²) < 4.78 is 0. The van der Waals surface area contributed by atoms with Crippen LogP contribution in [0.25, 0.3) is 0 Å². The molecular weight excluding hydrogens is 256 g/mol. The Bertz CT molecular complexity index is 631. The smallest absolute Gasteiger partial charge is 0.133 e. The van der Waals surface area contributed by atoms with Crippen LogP contribution in [0.4, 0.5) is 5.69 Å². The average molecular weight is 280 g/mol. The van der Waals surface area contributed by atoms with Crippen molar-refractivity contribution in [3.63, 3.8) is 0 Å².